The summed E-state index contributed by atoms with van der Waals surface area (Å²) in [4.78, 5) is 32.0. The molecule has 0 aliphatic carbocycles. The van der Waals surface area contributed by atoms with Crippen molar-refractivity contribution < 1.29 is 9.18 Å². The first-order valence-corrected chi connectivity index (χ1v) is 9.66. The molecule has 30 heavy (non-hydrogen) atoms. The number of fused-ring (bicyclic) bond motifs is 1. The lowest BCUT2D eigenvalue weighted by Crippen LogP contribution is -2.30. The van der Waals surface area contributed by atoms with Crippen LogP contribution in [0, 0.1) is 12.7 Å². The molecule has 4 aromatic rings. The van der Waals surface area contributed by atoms with Crippen molar-refractivity contribution in [3.05, 3.63) is 100 Å². The van der Waals surface area contributed by atoms with Crippen molar-refractivity contribution in [3.8, 4) is 5.69 Å². The summed E-state index contributed by atoms with van der Waals surface area (Å²) in [5, 5.41) is 0.539. The van der Waals surface area contributed by atoms with E-state index in [2.05, 4.69) is 4.98 Å². The Morgan fingerprint density at radius 1 is 1.00 bits per heavy atom. The van der Waals surface area contributed by atoms with Gasteiger partial charge < -0.3 is 4.90 Å². The molecule has 3 aromatic carbocycles. The molecule has 0 radical (unpaired) electrons. The quantitative estimate of drug-likeness (QED) is 0.506. The Morgan fingerprint density at radius 2 is 1.67 bits per heavy atom. The fourth-order valence-electron chi connectivity index (χ4n) is 3.52. The highest BCUT2D eigenvalue weighted by atomic mass is 19.1. The second kappa shape index (κ2) is 7.91. The summed E-state index contributed by atoms with van der Waals surface area (Å²) in [6.07, 6.45) is 0. The Labute approximate surface area is 173 Å². The van der Waals surface area contributed by atoms with Crippen molar-refractivity contribution in [2.75, 3.05) is 11.4 Å². The fourth-order valence-corrected chi connectivity index (χ4v) is 3.52. The molecule has 0 N–H and O–H groups in total. The Bertz CT molecular complexity index is 1280. The molecule has 0 saturated carbocycles. The van der Waals surface area contributed by atoms with Crippen LogP contribution in [-0.4, -0.2) is 22.0 Å². The number of carbonyl (C=O) groups excluding carboxylic acids is 1. The number of hydrogen-bond acceptors (Lipinski definition) is 3. The van der Waals surface area contributed by atoms with E-state index in [1.54, 1.807) is 54.3 Å². The molecule has 0 unspecified atom stereocenters. The molecule has 0 fully saturated rings. The van der Waals surface area contributed by atoms with Crippen molar-refractivity contribution in [2.45, 2.75) is 13.8 Å². The molecular formula is C24H20FN3O2. The SMILES string of the molecule is CCN(C(=O)c1ccc(-n2c(C)nc3ccccc3c2=O)cc1)c1ccc(F)cc1. The molecular weight excluding hydrogens is 381 g/mol. The molecule has 4 rings (SSSR count). The van der Waals surface area contributed by atoms with E-state index in [0.29, 0.717) is 40.2 Å². The number of para-hydroxylation sites is 1. The van der Waals surface area contributed by atoms with Crippen LogP contribution < -0.4 is 10.5 Å². The maximum Gasteiger partial charge on any atom is 0.265 e. The minimum atomic E-state index is -0.351. The van der Waals surface area contributed by atoms with Crippen LogP contribution >= 0.6 is 0 Å². The van der Waals surface area contributed by atoms with Gasteiger partial charge in [-0.15, -0.1) is 0 Å². The Hall–Kier alpha value is -3.80. The average Bonchev–Trinajstić information content (AvgIpc) is 2.76. The van der Waals surface area contributed by atoms with Crippen LogP contribution in [0.4, 0.5) is 10.1 Å². The fraction of sp³-hybridized carbons (Fsp3) is 0.125. The van der Waals surface area contributed by atoms with E-state index < -0.39 is 0 Å². The number of benzene rings is 3. The molecule has 150 valence electrons. The van der Waals surface area contributed by atoms with E-state index in [-0.39, 0.29) is 17.3 Å². The lowest BCUT2D eigenvalue weighted by Gasteiger charge is -2.21. The first-order valence-electron chi connectivity index (χ1n) is 9.66. The lowest BCUT2D eigenvalue weighted by molar-refractivity contribution is 0.0988. The zero-order chi connectivity index (χ0) is 21.3. The summed E-state index contributed by atoms with van der Waals surface area (Å²) >= 11 is 0. The first-order chi connectivity index (χ1) is 14.5. The highest BCUT2D eigenvalue weighted by molar-refractivity contribution is 6.06. The Balaban J connectivity index is 1.69. The van der Waals surface area contributed by atoms with Gasteiger partial charge in [-0.3, -0.25) is 14.2 Å². The van der Waals surface area contributed by atoms with Gasteiger partial charge in [0.25, 0.3) is 11.5 Å². The third-order valence-corrected chi connectivity index (χ3v) is 5.02. The van der Waals surface area contributed by atoms with E-state index in [1.165, 1.54) is 16.7 Å². The minimum Gasteiger partial charge on any atom is -0.309 e. The minimum absolute atomic E-state index is 0.154. The molecule has 0 aliphatic heterocycles. The number of aromatic nitrogens is 2. The molecule has 5 nitrogen and oxygen atoms in total. The van der Waals surface area contributed by atoms with E-state index >= 15 is 0 Å². The van der Waals surface area contributed by atoms with Crippen molar-refractivity contribution in [1.29, 1.82) is 0 Å². The van der Waals surface area contributed by atoms with Gasteiger partial charge in [0, 0.05) is 17.8 Å². The van der Waals surface area contributed by atoms with Crippen LogP contribution in [0.5, 0.6) is 0 Å². The summed E-state index contributed by atoms with van der Waals surface area (Å²) in [7, 11) is 0. The van der Waals surface area contributed by atoms with Crippen molar-refractivity contribution in [1.82, 2.24) is 9.55 Å². The highest BCUT2D eigenvalue weighted by Gasteiger charge is 2.17. The Morgan fingerprint density at radius 3 is 2.33 bits per heavy atom. The molecule has 6 heteroatoms. The predicted octanol–water partition coefficient (Wildman–Crippen LogP) is 4.50. The van der Waals surface area contributed by atoms with Gasteiger partial charge >= 0.3 is 0 Å². The monoisotopic (exact) mass is 401 g/mol. The third-order valence-electron chi connectivity index (χ3n) is 5.02. The largest absolute Gasteiger partial charge is 0.309 e. The number of carbonyl (C=O) groups is 1. The summed E-state index contributed by atoms with van der Waals surface area (Å²) in [6, 6.07) is 19.9. The normalized spacial score (nSPS) is 10.9. The zero-order valence-corrected chi connectivity index (χ0v) is 16.7. The molecule has 0 bridgehead atoms. The van der Waals surface area contributed by atoms with Gasteiger partial charge in [-0.05, 0) is 74.5 Å². The van der Waals surface area contributed by atoms with Gasteiger partial charge in [0.2, 0.25) is 0 Å². The van der Waals surface area contributed by atoms with E-state index in [4.69, 9.17) is 0 Å². The van der Waals surface area contributed by atoms with Crippen LogP contribution in [0.2, 0.25) is 0 Å². The number of halogens is 1. The highest BCUT2D eigenvalue weighted by Crippen LogP contribution is 2.19. The summed E-state index contributed by atoms with van der Waals surface area (Å²) in [5.41, 5.74) is 2.24. The van der Waals surface area contributed by atoms with E-state index in [9.17, 15) is 14.0 Å². The zero-order valence-electron chi connectivity index (χ0n) is 16.7. The summed E-state index contributed by atoms with van der Waals surface area (Å²) in [5.74, 6) is 0.0204. The van der Waals surface area contributed by atoms with Crippen molar-refractivity contribution in [2.24, 2.45) is 0 Å². The second-order valence-electron chi connectivity index (χ2n) is 6.89. The standard InChI is InChI=1S/C24H20FN3O2/c1-3-27(19-14-10-18(25)11-15-19)23(29)17-8-12-20(13-9-17)28-16(2)26-22-7-5-4-6-21(22)24(28)30/h4-15H,3H2,1-2H3. The number of rotatable bonds is 4. The van der Waals surface area contributed by atoms with Crippen LogP contribution in [0.1, 0.15) is 23.1 Å². The molecule has 0 saturated heterocycles. The second-order valence-corrected chi connectivity index (χ2v) is 6.89. The smallest absolute Gasteiger partial charge is 0.265 e. The molecule has 1 amide bonds. The van der Waals surface area contributed by atoms with Crippen LogP contribution in [-0.2, 0) is 0 Å². The topological polar surface area (TPSA) is 55.2 Å². The molecule has 1 aromatic heterocycles. The van der Waals surface area contributed by atoms with Gasteiger partial charge in [-0.1, -0.05) is 12.1 Å². The molecule has 0 atom stereocenters. The summed E-state index contributed by atoms with van der Waals surface area (Å²) in [6.45, 7) is 4.08. The maximum atomic E-state index is 13.2. The predicted molar refractivity (Wildman–Crippen MR) is 116 cm³/mol. The van der Waals surface area contributed by atoms with Gasteiger partial charge in [-0.2, -0.15) is 0 Å². The number of aryl methyl sites for hydroxylation is 1. The van der Waals surface area contributed by atoms with Gasteiger partial charge in [0.15, 0.2) is 0 Å². The lowest BCUT2D eigenvalue weighted by atomic mass is 10.1. The molecule has 0 spiro atoms. The number of hydrogen-bond donors (Lipinski definition) is 0. The van der Waals surface area contributed by atoms with Gasteiger partial charge in [-0.25, -0.2) is 9.37 Å². The van der Waals surface area contributed by atoms with Gasteiger partial charge in [0.05, 0.1) is 16.6 Å². The third kappa shape index (κ3) is 3.48. The molecule has 1 heterocycles. The number of amides is 1. The van der Waals surface area contributed by atoms with Crippen molar-refractivity contribution in [3.63, 3.8) is 0 Å². The van der Waals surface area contributed by atoms with Crippen LogP contribution in [0.15, 0.2) is 77.6 Å². The number of nitrogens with zero attached hydrogens (tertiary/aromatic N) is 3. The summed E-state index contributed by atoms with van der Waals surface area (Å²) < 4.78 is 14.7. The maximum absolute atomic E-state index is 13.2. The number of anilines is 1. The average molecular weight is 401 g/mol. The van der Waals surface area contributed by atoms with Crippen molar-refractivity contribution >= 4 is 22.5 Å². The molecule has 0 aliphatic rings. The van der Waals surface area contributed by atoms with Crippen LogP contribution in [0.25, 0.3) is 16.6 Å². The van der Waals surface area contributed by atoms with E-state index in [0.717, 1.165) is 0 Å². The van der Waals surface area contributed by atoms with Crippen LogP contribution in [0.3, 0.4) is 0 Å². The van der Waals surface area contributed by atoms with E-state index in [1.807, 2.05) is 25.1 Å². The van der Waals surface area contributed by atoms with Gasteiger partial charge in [0.1, 0.15) is 11.6 Å². The first kappa shape index (κ1) is 19.5. The Kier molecular flexibility index (Phi) is 5.14.